The van der Waals surface area contributed by atoms with Gasteiger partial charge >= 0.3 is 6.18 Å². The van der Waals surface area contributed by atoms with Crippen molar-refractivity contribution >= 4 is 28.7 Å². The Kier molecular flexibility index (Phi) is 3.80. The molecule has 0 aromatic heterocycles. The van der Waals surface area contributed by atoms with E-state index >= 15 is 0 Å². The van der Waals surface area contributed by atoms with Crippen molar-refractivity contribution in [2.24, 2.45) is 0 Å². The van der Waals surface area contributed by atoms with Crippen molar-refractivity contribution in [1.82, 2.24) is 0 Å². The Morgan fingerprint density at radius 2 is 1.81 bits per heavy atom. The van der Waals surface area contributed by atoms with Gasteiger partial charge < -0.3 is 0 Å². The summed E-state index contributed by atoms with van der Waals surface area (Å²) in [7, 11) is -0.827. The molecule has 0 spiro atoms. The zero-order valence-corrected chi connectivity index (χ0v) is 12.9. The van der Waals surface area contributed by atoms with Gasteiger partial charge in [0.1, 0.15) is 0 Å². The number of benzene rings is 2. The fourth-order valence-electron chi connectivity index (χ4n) is 2.38. The van der Waals surface area contributed by atoms with E-state index in [4.69, 9.17) is 0 Å². The predicted octanol–water partition coefficient (Wildman–Crippen LogP) is 5.83. The van der Waals surface area contributed by atoms with Crippen molar-refractivity contribution in [2.45, 2.75) is 20.9 Å². The number of thioether (sulfide) groups is 1. The average molecular weight is 326 g/mol. The maximum Gasteiger partial charge on any atom is 0.417 e. The minimum atomic E-state index is -4.31. The van der Waals surface area contributed by atoms with Crippen LogP contribution in [0.2, 0.25) is 0 Å². The number of hydrogen-bond donors (Lipinski definition) is 1. The molecule has 1 aliphatic heterocycles. The van der Waals surface area contributed by atoms with Crippen LogP contribution in [0.15, 0.2) is 62.6 Å². The van der Waals surface area contributed by atoms with Crippen LogP contribution in [0.25, 0.3) is 6.08 Å². The van der Waals surface area contributed by atoms with Crippen molar-refractivity contribution in [3.05, 3.63) is 59.0 Å². The SMILES string of the molecule is CSc1ccc([SH]2C=Cc3ccccc32)cc1C(F)(F)F. The van der Waals surface area contributed by atoms with Gasteiger partial charge in [0.25, 0.3) is 0 Å². The van der Waals surface area contributed by atoms with Crippen molar-refractivity contribution in [2.75, 3.05) is 6.26 Å². The molecule has 2 aromatic rings. The van der Waals surface area contributed by atoms with Gasteiger partial charge in [0, 0.05) is 9.79 Å². The zero-order chi connectivity index (χ0) is 15.0. The lowest BCUT2D eigenvalue weighted by Crippen LogP contribution is -2.07. The molecule has 0 saturated carbocycles. The third-order valence-corrected chi connectivity index (χ3v) is 6.37. The van der Waals surface area contributed by atoms with Gasteiger partial charge in [-0.1, -0.05) is 18.2 Å². The van der Waals surface area contributed by atoms with Crippen LogP contribution in [0.5, 0.6) is 0 Å². The number of hydrogen-bond acceptors (Lipinski definition) is 1. The number of rotatable bonds is 2. The fraction of sp³-hybridized carbons (Fsp3) is 0.125. The van der Waals surface area contributed by atoms with Crippen molar-refractivity contribution < 1.29 is 13.2 Å². The molecule has 1 aliphatic rings. The van der Waals surface area contributed by atoms with Crippen LogP contribution in [-0.4, -0.2) is 6.26 Å². The molecule has 3 rings (SSSR count). The Morgan fingerprint density at radius 1 is 1.05 bits per heavy atom. The highest BCUT2D eigenvalue weighted by molar-refractivity contribution is 8.20. The van der Waals surface area contributed by atoms with E-state index in [1.807, 2.05) is 41.8 Å². The van der Waals surface area contributed by atoms with E-state index in [0.717, 1.165) is 27.1 Å². The van der Waals surface area contributed by atoms with Gasteiger partial charge in [-0.3, -0.25) is 0 Å². The van der Waals surface area contributed by atoms with E-state index in [1.54, 1.807) is 12.3 Å². The van der Waals surface area contributed by atoms with E-state index in [2.05, 4.69) is 0 Å². The Balaban J connectivity index is 2.08. The van der Waals surface area contributed by atoms with Crippen LogP contribution in [0, 0.1) is 0 Å². The maximum absolute atomic E-state index is 13.2. The molecule has 0 N–H and O–H groups in total. The first kappa shape index (κ1) is 14.6. The fourth-order valence-corrected chi connectivity index (χ4v) is 5.07. The van der Waals surface area contributed by atoms with Crippen LogP contribution in [0.3, 0.4) is 0 Å². The first-order valence-corrected chi connectivity index (χ1v) is 8.96. The second-order valence-electron chi connectivity index (χ2n) is 4.63. The topological polar surface area (TPSA) is 0 Å². The van der Waals surface area contributed by atoms with Crippen LogP contribution in [0.1, 0.15) is 11.1 Å². The molecule has 0 bridgehead atoms. The summed E-state index contributed by atoms with van der Waals surface area (Å²) in [5.74, 6) is 0. The van der Waals surface area contributed by atoms with Gasteiger partial charge in [-0.25, -0.2) is 0 Å². The summed E-state index contributed by atoms with van der Waals surface area (Å²) in [5.41, 5.74) is 0.568. The number of fused-ring (bicyclic) bond motifs is 1. The summed E-state index contributed by atoms with van der Waals surface area (Å²) in [6.45, 7) is 0. The van der Waals surface area contributed by atoms with Gasteiger partial charge in [0.05, 0.1) is 5.56 Å². The Hall–Kier alpha value is -1.33. The molecule has 1 unspecified atom stereocenters. The lowest BCUT2D eigenvalue weighted by molar-refractivity contribution is -0.139. The highest BCUT2D eigenvalue weighted by Crippen LogP contribution is 2.53. The van der Waals surface area contributed by atoms with Crippen LogP contribution in [0.4, 0.5) is 13.2 Å². The van der Waals surface area contributed by atoms with Crippen molar-refractivity contribution in [1.29, 1.82) is 0 Å². The van der Waals surface area contributed by atoms with Gasteiger partial charge in [0.15, 0.2) is 0 Å². The quantitative estimate of drug-likeness (QED) is 0.535. The molecule has 0 saturated heterocycles. The summed E-state index contributed by atoms with van der Waals surface area (Å²) in [4.78, 5) is 2.14. The maximum atomic E-state index is 13.2. The second kappa shape index (κ2) is 5.46. The smallest absolute Gasteiger partial charge is 0.179 e. The first-order valence-electron chi connectivity index (χ1n) is 6.32. The molecule has 21 heavy (non-hydrogen) atoms. The third-order valence-electron chi connectivity index (χ3n) is 3.37. The Morgan fingerprint density at radius 3 is 2.52 bits per heavy atom. The van der Waals surface area contributed by atoms with Crippen molar-refractivity contribution in [3.63, 3.8) is 0 Å². The monoisotopic (exact) mass is 326 g/mol. The molecule has 0 radical (unpaired) electrons. The normalized spacial score (nSPS) is 18.8. The van der Waals surface area contributed by atoms with Crippen LogP contribution < -0.4 is 0 Å². The summed E-state index contributed by atoms with van der Waals surface area (Å²) in [5, 5.41) is 2.02. The van der Waals surface area contributed by atoms with Gasteiger partial charge in [-0.15, -0.1) is 11.8 Å². The van der Waals surface area contributed by atoms with Gasteiger partial charge in [0.2, 0.25) is 0 Å². The number of alkyl halides is 3. The van der Waals surface area contributed by atoms with Gasteiger partial charge in [-0.2, -0.15) is 24.1 Å². The zero-order valence-electron chi connectivity index (χ0n) is 11.2. The van der Waals surface area contributed by atoms with Crippen LogP contribution in [-0.2, 0) is 6.18 Å². The largest absolute Gasteiger partial charge is 0.417 e. The highest BCUT2D eigenvalue weighted by atomic mass is 32.2. The average Bonchev–Trinajstić information content (AvgIpc) is 2.89. The van der Waals surface area contributed by atoms with E-state index in [1.165, 1.54) is 6.07 Å². The summed E-state index contributed by atoms with van der Waals surface area (Å²) in [6, 6.07) is 12.6. The van der Waals surface area contributed by atoms with Crippen LogP contribution >= 0.6 is 22.7 Å². The standard InChI is InChI=1S/C16H13F3S2/c1-20-14-7-6-12(10-13(14)16(17,18)19)21-9-8-11-4-2-3-5-15(11)21/h2-10,21H,1H3. The molecule has 0 fully saturated rings. The molecule has 0 aliphatic carbocycles. The molecular formula is C16H13F3S2. The molecule has 1 atom stereocenters. The minimum Gasteiger partial charge on any atom is -0.179 e. The Bertz CT molecular complexity index is 705. The first-order chi connectivity index (χ1) is 10.0. The van der Waals surface area contributed by atoms with E-state index in [0.29, 0.717) is 0 Å². The molecule has 0 amide bonds. The van der Waals surface area contributed by atoms with Gasteiger partial charge in [-0.05, 0) is 52.5 Å². The predicted molar refractivity (Wildman–Crippen MR) is 84.2 cm³/mol. The van der Waals surface area contributed by atoms with Crippen molar-refractivity contribution in [3.8, 4) is 0 Å². The van der Waals surface area contributed by atoms with E-state index in [9.17, 15) is 13.2 Å². The molecular weight excluding hydrogens is 313 g/mol. The van der Waals surface area contributed by atoms with E-state index < -0.39 is 22.6 Å². The second-order valence-corrected chi connectivity index (χ2v) is 7.51. The minimum absolute atomic E-state index is 0.276. The third kappa shape index (κ3) is 2.72. The lowest BCUT2D eigenvalue weighted by atomic mass is 10.2. The molecule has 1 heterocycles. The Labute approximate surface area is 128 Å². The molecule has 2 aromatic carbocycles. The highest BCUT2D eigenvalue weighted by Gasteiger charge is 2.34. The molecule has 110 valence electrons. The summed E-state index contributed by atoms with van der Waals surface area (Å²) in [6.07, 6.45) is -0.649. The van der Waals surface area contributed by atoms with E-state index in [-0.39, 0.29) is 4.90 Å². The summed E-state index contributed by atoms with van der Waals surface area (Å²) >= 11 is 1.13. The molecule has 0 nitrogen and oxygen atoms in total. The lowest BCUT2D eigenvalue weighted by Gasteiger charge is -2.19. The number of thiol groups is 1. The number of halogens is 3. The summed E-state index contributed by atoms with van der Waals surface area (Å²) < 4.78 is 39.5. The molecule has 5 heteroatoms.